The number of nitrogens with zero attached hydrogens (tertiary/aromatic N) is 1. The van der Waals surface area contributed by atoms with Gasteiger partial charge in [0.1, 0.15) is 15.9 Å². The number of nitrogens with one attached hydrogen (secondary N) is 1. The molecule has 0 aliphatic heterocycles. The molecule has 0 radical (unpaired) electrons. The highest BCUT2D eigenvalue weighted by Gasteiger charge is 2.21. The molecule has 0 amide bonds. The number of benzene rings is 1. The lowest BCUT2D eigenvalue weighted by molar-refractivity contribution is 0.570. The Morgan fingerprint density at radius 3 is 2.57 bits per heavy atom. The van der Waals surface area contributed by atoms with E-state index in [0.29, 0.717) is 11.3 Å². The van der Waals surface area contributed by atoms with E-state index in [0.717, 1.165) is 12.1 Å². The second kappa shape index (κ2) is 5.50. The molecule has 3 N–H and O–H groups in total. The highest BCUT2D eigenvalue weighted by atomic mass is 35.5. The number of hydrogen-bond donors (Lipinski definition) is 2. The third kappa shape index (κ3) is 3.25. The molecule has 112 valence electrons. The van der Waals surface area contributed by atoms with E-state index in [9.17, 15) is 12.8 Å². The maximum absolute atomic E-state index is 13.9. The summed E-state index contributed by atoms with van der Waals surface area (Å²) in [6, 6.07) is 5.06. The van der Waals surface area contributed by atoms with Crippen LogP contribution in [0.2, 0.25) is 5.15 Å². The fourth-order valence-corrected chi connectivity index (χ4v) is 3.12. The quantitative estimate of drug-likeness (QED) is 0.669. The molecule has 0 atom stereocenters. The van der Waals surface area contributed by atoms with Crippen LogP contribution in [0.1, 0.15) is 11.3 Å². The molecule has 0 spiro atoms. The van der Waals surface area contributed by atoms with E-state index in [1.54, 1.807) is 13.8 Å². The number of aromatic nitrogens is 1. The van der Waals surface area contributed by atoms with E-state index in [1.165, 1.54) is 12.1 Å². The van der Waals surface area contributed by atoms with Crippen molar-refractivity contribution >= 4 is 33.0 Å². The van der Waals surface area contributed by atoms with Gasteiger partial charge in [-0.1, -0.05) is 11.6 Å². The van der Waals surface area contributed by atoms with Crippen molar-refractivity contribution in [3.8, 4) is 0 Å². The van der Waals surface area contributed by atoms with Crippen LogP contribution in [0, 0.1) is 19.7 Å². The molecule has 0 aliphatic rings. The molecule has 21 heavy (non-hydrogen) atoms. The number of halogens is 2. The van der Waals surface area contributed by atoms with Gasteiger partial charge < -0.3 is 5.73 Å². The van der Waals surface area contributed by atoms with Crippen LogP contribution in [-0.2, 0) is 10.0 Å². The van der Waals surface area contributed by atoms with Gasteiger partial charge in [0.15, 0.2) is 0 Å². The van der Waals surface area contributed by atoms with E-state index in [4.69, 9.17) is 17.3 Å². The van der Waals surface area contributed by atoms with Crippen LogP contribution >= 0.6 is 11.6 Å². The zero-order valence-corrected chi connectivity index (χ0v) is 12.9. The van der Waals surface area contributed by atoms with Crippen molar-refractivity contribution in [1.82, 2.24) is 4.98 Å². The van der Waals surface area contributed by atoms with Crippen molar-refractivity contribution in [2.24, 2.45) is 0 Å². The van der Waals surface area contributed by atoms with Crippen LogP contribution in [0.15, 0.2) is 29.2 Å². The fourth-order valence-electron chi connectivity index (χ4n) is 1.71. The minimum Gasteiger partial charge on any atom is -0.398 e. The van der Waals surface area contributed by atoms with Gasteiger partial charge in [-0.2, -0.15) is 0 Å². The molecular formula is C13H13ClFN3O2S. The fraction of sp³-hybridized carbons (Fsp3) is 0.154. The Morgan fingerprint density at radius 1 is 1.29 bits per heavy atom. The van der Waals surface area contributed by atoms with Gasteiger partial charge in [-0.05, 0) is 43.7 Å². The summed E-state index contributed by atoms with van der Waals surface area (Å²) in [7, 11) is -4.11. The number of aryl methyl sites for hydroxylation is 2. The minimum absolute atomic E-state index is 0.197. The molecule has 1 aromatic carbocycles. The van der Waals surface area contributed by atoms with E-state index in [1.807, 2.05) is 0 Å². The first-order valence-electron chi connectivity index (χ1n) is 5.92. The van der Waals surface area contributed by atoms with Crippen molar-refractivity contribution in [1.29, 1.82) is 0 Å². The van der Waals surface area contributed by atoms with Gasteiger partial charge in [-0.25, -0.2) is 17.8 Å². The third-order valence-corrected chi connectivity index (χ3v) is 4.50. The summed E-state index contributed by atoms with van der Waals surface area (Å²) in [6.07, 6.45) is 0. The minimum atomic E-state index is -4.11. The van der Waals surface area contributed by atoms with Gasteiger partial charge in [0, 0.05) is 5.69 Å². The standard InChI is InChI=1S/C13H13ClFN3O2S/c1-7-5-9(15)12(6-10(7)16)21(19,20)18-11-3-4-13(14)17-8(11)2/h3-6,18H,16H2,1-2H3. The number of nitrogens with two attached hydrogens (primary N) is 1. The molecule has 2 rings (SSSR count). The van der Waals surface area contributed by atoms with Gasteiger partial charge in [-0.3, -0.25) is 4.72 Å². The lowest BCUT2D eigenvalue weighted by Crippen LogP contribution is -2.16. The Bertz CT molecular complexity index is 809. The number of hydrogen-bond acceptors (Lipinski definition) is 4. The summed E-state index contributed by atoms with van der Waals surface area (Å²) in [6.45, 7) is 3.18. The Labute approximate surface area is 127 Å². The Hall–Kier alpha value is -1.86. The molecular weight excluding hydrogens is 317 g/mol. The van der Waals surface area contributed by atoms with Gasteiger partial charge in [0.2, 0.25) is 0 Å². The maximum Gasteiger partial charge on any atom is 0.264 e. The second-order valence-corrected chi connectivity index (χ2v) is 6.55. The zero-order chi connectivity index (χ0) is 15.8. The number of anilines is 2. The lowest BCUT2D eigenvalue weighted by Gasteiger charge is -2.12. The number of nitrogen functional groups attached to an aromatic ring is 1. The first kappa shape index (κ1) is 15.5. The highest BCUT2D eigenvalue weighted by Crippen LogP contribution is 2.25. The van der Waals surface area contributed by atoms with E-state index < -0.39 is 20.7 Å². The van der Waals surface area contributed by atoms with E-state index >= 15 is 0 Å². The van der Waals surface area contributed by atoms with Gasteiger partial charge in [-0.15, -0.1) is 0 Å². The molecule has 0 saturated carbocycles. The van der Waals surface area contributed by atoms with Crippen LogP contribution in [0.5, 0.6) is 0 Å². The summed E-state index contributed by atoms with van der Waals surface area (Å²) in [4.78, 5) is 3.41. The predicted molar refractivity (Wildman–Crippen MR) is 80.3 cm³/mol. The zero-order valence-electron chi connectivity index (χ0n) is 11.3. The largest absolute Gasteiger partial charge is 0.398 e. The van der Waals surface area contributed by atoms with Crippen molar-refractivity contribution in [2.45, 2.75) is 18.7 Å². The molecule has 0 aliphatic carbocycles. The normalized spacial score (nSPS) is 11.4. The van der Waals surface area contributed by atoms with Crippen LogP contribution in [-0.4, -0.2) is 13.4 Å². The van der Waals surface area contributed by atoms with Crippen molar-refractivity contribution in [2.75, 3.05) is 10.5 Å². The summed E-state index contributed by atoms with van der Waals surface area (Å²) in [5, 5.41) is 0.237. The molecule has 8 heteroatoms. The molecule has 1 aromatic heterocycles. The average Bonchev–Trinajstić information content (AvgIpc) is 2.37. The van der Waals surface area contributed by atoms with Crippen molar-refractivity contribution in [3.63, 3.8) is 0 Å². The van der Waals surface area contributed by atoms with Gasteiger partial charge >= 0.3 is 0 Å². The monoisotopic (exact) mass is 329 g/mol. The molecule has 1 heterocycles. The average molecular weight is 330 g/mol. The highest BCUT2D eigenvalue weighted by molar-refractivity contribution is 7.92. The van der Waals surface area contributed by atoms with E-state index in [-0.39, 0.29) is 16.5 Å². The maximum atomic E-state index is 13.9. The SMILES string of the molecule is Cc1cc(F)c(S(=O)(=O)Nc2ccc(Cl)nc2C)cc1N. The summed E-state index contributed by atoms with van der Waals surface area (Å²) < 4.78 is 40.7. The molecule has 2 aromatic rings. The molecule has 0 bridgehead atoms. The third-order valence-electron chi connectivity index (χ3n) is 2.91. The van der Waals surface area contributed by atoms with Crippen LogP contribution < -0.4 is 10.5 Å². The molecule has 0 saturated heterocycles. The van der Waals surface area contributed by atoms with E-state index in [2.05, 4.69) is 9.71 Å². The Kier molecular flexibility index (Phi) is 4.06. The second-order valence-electron chi connectivity index (χ2n) is 4.51. The number of pyridine rings is 1. The summed E-state index contributed by atoms with van der Waals surface area (Å²) in [5.41, 5.74) is 6.91. The van der Waals surface area contributed by atoms with Crippen LogP contribution in [0.25, 0.3) is 0 Å². The van der Waals surface area contributed by atoms with Crippen LogP contribution in [0.4, 0.5) is 15.8 Å². The molecule has 0 unspecified atom stereocenters. The first-order valence-corrected chi connectivity index (χ1v) is 7.78. The summed E-state index contributed by atoms with van der Waals surface area (Å²) in [5.74, 6) is -0.867. The Morgan fingerprint density at radius 2 is 1.95 bits per heavy atom. The lowest BCUT2D eigenvalue weighted by atomic mass is 10.2. The van der Waals surface area contributed by atoms with Crippen molar-refractivity contribution in [3.05, 3.63) is 46.5 Å². The Balaban J connectivity index is 2.46. The molecule has 5 nitrogen and oxygen atoms in total. The first-order chi connectivity index (χ1) is 9.70. The summed E-state index contributed by atoms with van der Waals surface area (Å²) >= 11 is 5.70. The smallest absolute Gasteiger partial charge is 0.264 e. The number of rotatable bonds is 3. The topological polar surface area (TPSA) is 85.1 Å². The number of sulfonamides is 1. The van der Waals surface area contributed by atoms with Crippen LogP contribution in [0.3, 0.4) is 0 Å². The van der Waals surface area contributed by atoms with Gasteiger partial charge in [0.05, 0.1) is 11.4 Å². The van der Waals surface area contributed by atoms with Gasteiger partial charge in [0.25, 0.3) is 10.0 Å². The predicted octanol–water partition coefficient (Wildman–Crippen LogP) is 2.87. The van der Waals surface area contributed by atoms with Crippen molar-refractivity contribution < 1.29 is 12.8 Å². The molecule has 0 fully saturated rings.